The van der Waals surface area contributed by atoms with Gasteiger partial charge in [-0.2, -0.15) is 0 Å². The predicted molar refractivity (Wildman–Crippen MR) is 56.2 cm³/mol. The topological polar surface area (TPSA) is 50.8 Å². The number of aliphatic imine (C=N–C) groups is 1. The molecular weight excluding hydrogens is 178 g/mol. The Labute approximate surface area is 85.1 Å². The number of hydrogen-bond acceptors (Lipinski definition) is 2. The summed E-state index contributed by atoms with van der Waals surface area (Å²) < 4.78 is 5.58. The van der Waals surface area contributed by atoms with E-state index in [1.165, 1.54) is 12.8 Å². The molecule has 2 N–H and O–H groups in total. The third kappa shape index (κ3) is 2.38. The molecule has 2 rings (SSSR count). The van der Waals surface area contributed by atoms with Crippen molar-refractivity contribution in [3.05, 3.63) is 0 Å². The van der Waals surface area contributed by atoms with Gasteiger partial charge in [0.25, 0.3) is 0 Å². The highest BCUT2D eigenvalue weighted by Crippen LogP contribution is 2.23. The highest BCUT2D eigenvalue weighted by molar-refractivity contribution is 5.78. The molecule has 1 aliphatic carbocycles. The Morgan fingerprint density at radius 1 is 1.57 bits per heavy atom. The normalized spacial score (nSPS) is 29.4. The van der Waals surface area contributed by atoms with Crippen molar-refractivity contribution in [2.75, 3.05) is 19.7 Å². The van der Waals surface area contributed by atoms with Gasteiger partial charge in [0, 0.05) is 13.1 Å². The van der Waals surface area contributed by atoms with E-state index < -0.39 is 0 Å². The molecule has 1 aliphatic heterocycles. The van der Waals surface area contributed by atoms with Crippen LogP contribution in [0.3, 0.4) is 0 Å². The maximum absolute atomic E-state index is 5.93. The minimum Gasteiger partial charge on any atom is -0.375 e. The Balaban J connectivity index is 1.89. The first-order valence-corrected chi connectivity index (χ1v) is 5.49. The van der Waals surface area contributed by atoms with Crippen LogP contribution in [0.2, 0.25) is 0 Å². The number of morpholine rings is 1. The standard InChI is InChI=1S/C10H19N3O/c1-2-9-7-13(5-6-14-9)10(11)12-8-3-4-8/h8-9H,2-7H2,1H3,(H2,11,12). The molecule has 1 unspecified atom stereocenters. The van der Waals surface area contributed by atoms with Gasteiger partial charge in [-0.25, -0.2) is 4.99 Å². The number of nitrogens with two attached hydrogens (primary N) is 1. The van der Waals surface area contributed by atoms with Gasteiger partial charge in [-0.15, -0.1) is 0 Å². The first-order chi connectivity index (χ1) is 6.79. The van der Waals surface area contributed by atoms with E-state index in [1.807, 2.05) is 0 Å². The third-order valence-corrected chi connectivity index (χ3v) is 2.78. The van der Waals surface area contributed by atoms with E-state index in [1.54, 1.807) is 0 Å². The lowest BCUT2D eigenvalue weighted by Gasteiger charge is -2.33. The molecule has 0 bridgehead atoms. The average Bonchev–Trinajstić information content (AvgIpc) is 3.02. The molecule has 1 saturated heterocycles. The Bertz CT molecular complexity index is 225. The van der Waals surface area contributed by atoms with Gasteiger partial charge < -0.3 is 15.4 Å². The number of guanidine groups is 1. The van der Waals surface area contributed by atoms with Gasteiger partial charge in [0.15, 0.2) is 5.96 Å². The molecule has 0 spiro atoms. The van der Waals surface area contributed by atoms with E-state index in [4.69, 9.17) is 10.5 Å². The fourth-order valence-electron chi connectivity index (χ4n) is 1.65. The minimum atomic E-state index is 0.330. The van der Waals surface area contributed by atoms with Crippen molar-refractivity contribution >= 4 is 5.96 Å². The Morgan fingerprint density at radius 2 is 2.36 bits per heavy atom. The van der Waals surface area contributed by atoms with Crippen molar-refractivity contribution in [2.45, 2.75) is 38.3 Å². The van der Waals surface area contributed by atoms with Crippen LogP contribution < -0.4 is 5.73 Å². The zero-order valence-electron chi connectivity index (χ0n) is 8.78. The number of ether oxygens (including phenoxy) is 1. The summed E-state index contributed by atoms with van der Waals surface area (Å²) in [7, 11) is 0. The summed E-state index contributed by atoms with van der Waals surface area (Å²) in [4.78, 5) is 6.59. The van der Waals surface area contributed by atoms with Crippen LogP contribution in [0.4, 0.5) is 0 Å². The summed E-state index contributed by atoms with van der Waals surface area (Å²) in [5, 5.41) is 0. The Hall–Kier alpha value is -0.770. The van der Waals surface area contributed by atoms with Crippen LogP contribution in [-0.4, -0.2) is 42.7 Å². The molecule has 1 atom stereocenters. The maximum atomic E-state index is 5.93. The Morgan fingerprint density at radius 3 is 3.00 bits per heavy atom. The van der Waals surface area contributed by atoms with Crippen LogP contribution in [0, 0.1) is 0 Å². The summed E-state index contributed by atoms with van der Waals surface area (Å²) >= 11 is 0. The zero-order chi connectivity index (χ0) is 9.97. The first-order valence-electron chi connectivity index (χ1n) is 5.49. The fraction of sp³-hybridized carbons (Fsp3) is 0.900. The van der Waals surface area contributed by atoms with Gasteiger partial charge >= 0.3 is 0 Å². The highest BCUT2D eigenvalue weighted by Gasteiger charge is 2.24. The average molecular weight is 197 g/mol. The molecule has 4 heteroatoms. The summed E-state index contributed by atoms with van der Waals surface area (Å²) in [6.45, 7) is 4.71. The zero-order valence-corrected chi connectivity index (χ0v) is 8.78. The van der Waals surface area contributed by atoms with Crippen LogP contribution in [0.15, 0.2) is 4.99 Å². The summed E-state index contributed by atoms with van der Waals surface area (Å²) in [5.41, 5.74) is 5.93. The summed E-state index contributed by atoms with van der Waals surface area (Å²) in [6, 6.07) is 0.512. The third-order valence-electron chi connectivity index (χ3n) is 2.78. The lowest BCUT2D eigenvalue weighted by Crippen LogP contribution is -2.48. The Kier molecular flexibility index (Phi) is 2.91. The molecule has 1 saturated carbocycles. The molecule has 1 heterocycles. The van der Waals surface area contributed by atoms with Crippen molar-refractivity contribution in [1.82, 2.24) is 4.90 Å². The lowest BCUT2D eigenvalue weighted by molar-refractivity contribution is -0.00746. The van der Waals surface area contributed by atoms with Crippen LogP contribution >= 0.6 is 0 Å². The van der Waals surface area contributed by atoms with Crippen molar-refractivity contribution in [2.24, 2.45) is 10.7 Å². The second-order valence-electron chi connectivity index (χ2n) is 4.07. The fourth-order valence-corrected chi connectivity index (χ4v) is 1.65. The molecule has 0 aromatic carbocycles. The van der Waals surface area contributed by atoms with Gasteiger partial charge in [-0.05, 0) is 19.3 Å². The molecular formula is C10H19N3O. The van der Waals surface area contributed by atoms with Gasteiger partial charge in [-0.3, -0.25) is 0 Å². The lowest BCUT2D eigenvalue weighted by atomic mass is 10.2. The van der Waals surface area contributed by atoms with Crippen molar-refractivity contribution in [3.8, 4) is 0 Å². The molecule has 14 heavy (non-hydrogen) atoms. The SMILES string of the molecule is CCC1CN(C(N)=NC2CC2)CCO1. The van der Waals surface area contributed by atoms with Gasteiger partial charge in [0.05, 0.1) is 18.8 Å². The molecule has 2 aliphatic rings. The molecule has 4 nitrogen and oxygen atoms in total. The summed E-state index contributed by atoms with van der Waals surface area (Å²) in [5.74, 6) is 0.717. The molecule has 0 amide bonds. The van der Waals surface area contributed by atoms with E-state index in [2.05, 4.69) is 16.8 Å². The number of rotatable bonds is 2. The quantitative estimate of drug-likeness (QED) is 0.520. The van der Waals surface area contributed by atoms with E-state index >= 15 is 0 Å². The number of nitrogens with zero attached hydrogens (tertiary/aromatic N) is 2. The number of hydrogen-bond donors (Lipinski definition) is 1. The van der Waals surface area contributed by atoms with Crippen molar-refractivity contribution < 1.29 is 4.74 Å². The summed E-state index contributed by atoms with van der Waals surface area (Å²) in [6.07, 6.45) is 3.80. The maximum Gasteiger partial charge on any atom is 0.191 e. The predicted octanol–water partition coefficient (Wildman–Crippen LogP) is 0.574. The van der Waals surface area contributed by atoms with Crippen LogP contribution in [0.5, 0.6) is 0 Å². The van der Waals surface area contributed by atoms with Gasteiger partial charge in [0.1, 0.15) is 0 Å². The van der Waals surface area contributed by atoms with Crippen molar-refractivity contribution in [1.29, 1.82) is 0 Å². The molecule has 0 aromatic heterocycles. The monoisotopic (exact) mass is 197 g/mol. The van der Waals surface area contributed by atoms with E-state index in [0.29, 0.717) is 18.1 Å². The molecule has 80 valence electrons. The molecule has 0 aromatic rings. The minimum absolute atomic E-state index is 0.330. The van der Waals surface area contributed by atoms with Crippen LogP contribution in [0.25, 0.3) is 0 Å². The van der Waals surface area contributed by atoms with E-state index in [9.17, 15) is 0 Å². The largest absolute Gasteiger partial charge is 0.375 e. The molecule has 2 fully saturated rings. The van der Waals surface area contributed by atoms with E-state index in [-0.39, 0.29) is 0 Å². The van der Waals surface area contributed by atoms with E-state index in [0.717, 1.165) is 26.1 Å². The van der Waals surface area contributed by atoms with Crippen LogP contribution in [0.1, 0.15) is 26.2 Å². The second-order valence-corrected chi connectivity index (χ2v) is 4.07. The highest BCUT2D eigenvalue weighted by atomic mass is 16.5. The van der Waals surface area contributed by atoms with Gasteiger partial charge in [-0.1, -0.05) is 6.92 Å². The second kappa shape index (κ2) is 4.17. The van der Waals surface area contributed by atoms with Gasteiger partial charge in [0.2, 0.25) is 0 Å². The molecule has 0 radical (unpaired) electrons. The first kappa shape index (κ1) is 9.77. The smallest absolute Gasteiger partial charge is 0.191 e. The van der Waals surface area contributed by atoms with Crippen molar-refractivity contribution in [3.63, 3.8) is 0 Å². The van der Waals surface area contributed by atoms with Crippen LogP contribution in [-0.2, 0) is 4.74 Å².